The Balaban J connectivity index is 1.67. The molecule has 4 rings (SSSR count). The van der Waals surface area contributed by atoms with Gasteiger partial charge in [0.1, 0.15) is 11.7 Å². The number of fused-ring (bicyclic) bond motifs is 1. The van der Waals surface area contributed by atoms with Gasteiger partial charge in [0.05, 0.1) is 5.69 Å². The first-order chi connectivity index (χ1) is 19.3. The maximum Gasteiger partial charge on any atom is 0.419 e. The quantitative estimate of drug-likeness (QED) is 0.0730. The molecule has 1 aromatic carbocycles. The van der Waals surface area contributed by atoms with Crippen molar-refractivity contribution in [1.29, 1.82) is 0 Å². The van der Waals surface area contributed by atoms with E-state index in [0.717, 1.165) is 12.2 Å². The standard InChI is InChI=1S/C26H34F3N7O4Si/c1-41(2,3)10-9-40-22(23(30)35-39)15-6-7-17-18(12-31-20(17)11-15)21-19(26(27,28)29)13-32-24(34-21)33-16-5-4-8-36(14-16)25(37)38/h6-7,11-13,16,22,31,39H,4-5,8-10,14H2,1-3H3,(H2,30,35)(H,37,38)(H,32,33,34)/t16-,22?/m0/s1. The third-order valence-corrected chi connectivity index (χ3v) is 8.61. The van der Waals surface area contributed by atoms with E-state index in [9.17, 15) is 28.3 Å². The summed E-state index contributed by atoms with van der Waals surface area (Å²) in [6.45, 7) is 7.57. The first kappa shape index (κ1) is 30.1. The SMILES string of the molecule is C[Si](C)(C)CCOC(/C(N)=N/O)c1ccc2c(-c3nc(N[C@H]4CCCN(C(=O)O)C4)ncc3C(F)(F)F)c[nH]c2c1. The van der Waals surface area contributed by atoms with E-state index < -0.39 is 32.0 Å². The van der Waals surface area contributed by atoms with E-state index in [1.807, 2.05) is 0 Å². The van der Waals surface area contributed by atoms with Crippen molar-refractivity contribution < 1.29 is 33.0 Å². The van der Waals surface area contributed by atoms with Crippen molar-refractivity contribution in [2.24, 2.45) is 10.9 Å². The summed E-state index contributed by atoms with van der Waals surface area (Å²) < 4.78 is 48.0. The monoisotopic (exact) mass is 593 g/mol. The average molecular weight is 594 g/mol. The lowest BCUT2D eigenvalue weighted by atomic mass is 10.0. The minimum atomic E-state index is -4.72. The van der Waals surface area contributed by atoms with Gasteiger partial charge in [0.2, 0.25) is 5.95 Å². The predicted molar refractivity (Wildman–Crippen MR) is 151 cm³/mol. The van der Waals surface area contributed by atoms with Gasteiger partial charge >= 0.3 is 12.3 Å². The van der Waals surface area contributed by atoms with Crippen LogP contribution < -0.4 is 11.1 Å². The van der Waals surface area contributed by atoms with Crippen molar-refractivity contribution in [1.82, 2.24) is 19.9 Å². The van der Waals surface area contributed by atoms with Gasteiger partial charge in [0.25, 0.3) is 0 Å². The van der Waals surface area contributed by atoms with Crippen LogP contribution in [0.2, 0.25) is 25.7 Å². The fourth-order valence-electron chi connectivity index (χ4n) is 4.71. The minimum Gasteiger partial charge on any atom is -0.465 e. The largest absolute Gasteiger partial charge is 0.465 e. The molecule has 1 amide bonds. The van der Waals surface area contributed by atoms with Crippen LogP contribution in [0.25, 0.3) is 22.2 Å². The number of aromatic amines is 1. The molecule has 3 aromatic rings. The van der Waals surface area contributed by atoms with Gasteiger partial charge in [-0.05, 0) is 30.5 Å². The lowest BCUT2D eigenvalue weighted by molar-refractivity contribution is -0.137. The number of nitrogens with zero attached hydrogens (tertiary/aromatic N) is 4. The predicted octanol–water partition coefficient (Wildman–Crippen LogP) is 5.34. The number of rotatable bonds is 9. The number of hydrogen-bond donors (Lipinski definition) is 5. The summed E-state index contributed by atoms with van der Waals surface area (Å²) in [5.41, 5.74) is 5.87. The van der Waals surface area contributed by atoms with E-state index in [1.165, 1.54) is 11.1 Å². The van der Waals surface area contributed by atoms with E-state index in [1.54, 1.807) is 18.2 Å². The number of carbonyl (C=O) groups is 1. The second-order valence-corrected chi connectivity index (χ2v) is 16.9. The molecule has 1 fully saturated rings. The number of amides is 1. The Morgan fingerprint density at radius 3 is 2.78 bits per heavy atom. The second-order valence-electron chi connectivity index (χ2n) is 11.3. The van der Waals surface area contributed by atoms with Crippen molar-refractivity contribution in [2.75, 3.05) is 25.0 Å². The van der Waals surface area contributed by atoms with Crippen LogP contribution in [0.15, 0.2) is 35.7 Å². The molecule has 11 nitrogen and oxygen atoms in total. The van der Waals surface area contributed by atoms with E-state index in [-0.39, 0.29) is 35.6 Å². The number of hydrogen-bond acceptors (Lipinski definition) is 7. The smallest absolute Gasteiger partial charge is 0.419 e. The number of aromatic nitrogens is 3. The molecule has 1 aliphatic rings. The lowest BCUT2D eigenvalue weighted by Crippen LogP contribution is -2.44. The second kappa shape index (κ2) is 11.9. The van der Waals surface area contributed by atoms with Crippen LogP contribution >= 0.6 is 0 Å². The van der Waals surface area contributed by atoms with Crippen molar-refractivity contribution in [3.8, 4) is 11.3 Å². The topological polar surface area (TPSA) is 162 Å². The Bertz CT molecular complexity index is 1420. The van der Waals surface area contributed by atoms with Crippen LogP contribution in [-0.2, 0) is 10.9 Å². The number of nitrogens with two attached hydrogens (primary N) is 1. The number of amidine groups is 1. The van der Waals surface area contributed by atoms with E-state index in [4.69, 9.17) is 10.5 Å². The molecule has 6 N–H and O–H groups in total. The summed E-state index contributed by atoms with van der Waals surface area (Å²) in [6, 6.07) is 5.50. The van der Waals surface area contributed by atoms with Crippen molar-refractivity contribution in [3.63, 3.8) is 0 Å². The molecule has 3 heterocycles. The first-order valence-corrected chi connectivity index (χ1v) is 16.9. The van der Waals surface area contributed by atoms with Gasteiger partial charge in [-0.1, -0.05) is 36.9 Å². The van der Waals surface area contributed by atoms with Gasteiger partial charge in [-0.15, -0.1) is 0 Å². The summed E-state index contributed by atoms with van der Waals surface area (Å²) in [7, 11) is -1.41. The fraction of sp³-hybridized carbons (Fsp3) is 0.462. The molecule has 0 aliphatic carbocycles. The zero-order valence-electron chi connectivity index (χ0n) is 23.0. The Morgan fingerprint density at radius 1 is 1.37 bits per heavy atom. The normalized spacial score (nSPS) is 17.6. The molecule has 1 saturated heterocycles. The van der Waals surface area contributed by atoms with Crippen LogP contribution in [0.3, 0.4) is 0 Å². The Hall–Kier alpha value is -3.85. The van der Waals surface area contributed by atoms with Crippen molar-refractivity contribution in [2.45, 2.75) is 56.8 Å². The molecule has 0 bridgehead atoms. The number of nitrogens with one attached hydrogen (secondary N) is 2. The number of likely N-dealkylation sites (tertiary alicyclic amines) is 1. The molecule has 0 radical (unpaired) electrons. The molecule has 0 spiro atoms. The molecule has 222 valence electrons. The molecule has 1 unspecified atom stereocenters. The molecule has 41 heavy (non-hydrogen) atoms. The van der Waals surface area contributed by atoms with Crippen molar-refractivity contribution in [3.05, 3.63) is 41.7 Å². The number of carboxylic acid groups (broad SMARTS) is 1. The van der Waals surface area contributed by atoms with Gasteiger partial charge in [0, 0.05) is 62.7 Å². The van der Waals surface area contributed by atoms with Gasteiger partial charge in [-0.2, -0.15) is 13.2 Å². The number of alkyl halides is 3. The summed E-state index contributed by atoms with van der Waals surface area (Å²) in [5, 5.41) is 25.2. The summed E-state index contributed by atoms with van der Waals surface area (Å²) >= 11 is 0. The Kier molecular flexibility index (Phi) is 8.77. The molecular weight excluding hydrogens is 559 g/mol. The molecule has 2 atom stereocenters. The maximum absolute atomic E-state index is 14.0. The molecule has 2 aromatic heterocycles. The average Bonchev–Trinajstić information content (AvgIpc) is 3.33. The minimum absolute atomic E-state index is 0.0287. The van der Waals surface area contributed by atoms with Crippen LogP contribution in [0, 0.1) is 0 Å². The Labute approximate surface area is 235 Å². The highest BCUT2D eigenvalue weighted by molar-refractivity contribution is 6.76. The van der Waals surface area contributed by atoms with E-state index in [0.29, 0.717) is 42.5 Å². The highest BCUT2D eigenvalue weighted by Crippen LogP contribution is 2.39. The first-order valence-electron chi connectivity index (χ1n) is 13.2. The number of benzene rings is 1. The van der Waals surface area contributed by atoms with Gasteiger partial charge in [0.15, 0.2) is 5.84 Å². The molecule has 1 aliphatic heterocycles. The Morgan fingerprint density at radius 2 is 2.12 bits per heavy atom. The third kappa shape index (κ3) is 7.27. The third-order valence-electron chi connectivity index (χ3n) is 6.90. The van der Waals surface area contributed by atoms with Crippen LogP contribution in [0.4, 0.5) is 23.9 Å². The number of ether oxygens (including phenoxy) is 1. The molecule has 15 heteroatoms. The zero-order chi connectivity index (χ0) is 29.9. The highest BCUT2D eigenvalue weighted by Gasteiger charge is 2.36. The van der Waals surface area contributed by atoms with Gasteiger partial charge in [-0.25, -0.2) is 14.8 Å². The van der Waals surface area contributed by atoms with Gasteiger partial charge < -0.3 is 36.0 Å². The summed E-state index contributed by atoms with van der Waals surface area (Å²) in [4.78, 5) is 23.7. The maximum atomic E-state index is 14.0. The number of halogens is 3. The number of H-pyrrole nitrogens is 1. The summed E-state index contributed by atoms with van der Waals surface area (Å²) in [5.74, 6) is -0.166. The van der Waals surface area contributed by atoms with Crippen LogP contribution in [0.5, 0.6) is 0 Å². The van der Waals surface area contributed by atoms with E-state index >= 15 is 0 Å². The number of piperidine rings is 1. The van der Waals surface area contributed by atoms with E-state index in [2.05, 4.69) is 45.1 Å². The van der Waals surface area contributed by atoms with Crippen LogP contribution in [0.1, 0.15) is 30.1 Å². The molecular formula is C26H34F3N7O4Si. The highest BCUT2D eigenvalue weighted by atomic mass is 28.3. The summed E-state index contributed by atoms with van der Waals surface area (Å²) in [6.07, 6.45) is -3.21. The fourth-order valence-corrected chi connectivity index (χ4v) is 5.44. The lowest BCUT2D eigenvalue weighted by Gasteiger charge is -2.31. The number of oxime groups is 1. The zero-order valence-corrected chi connectivity index (χ0v) is 24.0. The van der Waals surface area contributed by atoms with Gasteiger partial charge in [-0.3, -0.25) is 0 Å². The van der Waals surface area contributed by atoms with Crippen LogP contribution in [-0.4, -0.2) is 75.9 Å². The number of anilines is 1. The molecule has 0 saturated carbocycles. The van der Waals surface area contributed by atoms with Crippen molar-refractivity contribution >= 4 is 36.9 Å².